The van der Waals surface area contributed by atoms with Crippen LogP contribution in [0, 0.1) is 19.8 Å². The molecule has 2 saturated heterocycles. The molecule has 27 heavy (non-hydrogen) atoms. The molecule has 2 aliphatic rings. The Morgan fingerprint density at radius 3 is 2.33 bits per heavy atom. The van der Waals surface area contributed by atoms with Gasteiger partial charge in [0.05, 0.1) is 5.69 Å². The third-order valence-corrected chi connectivity index (χ3v) is 6.98. The highest BCUT2D eigenvalue weighted by molar-refractivity contribution is 7.15. The molecule has 2 amide bonds. The molecule has 1 aromatic heterocycles. The number of aryl methyl sites for hydroxylation is 2. The van der Waals surface area contributed by atoms with Crippen molar-refractivity contribution in [3.05, 3.63) is 10.6 Å². The van der Waals surface area contributed by atoms with Crippen molar-refractivity contribution < 1.29 is 9.59 Å². The van der Waals surface area contributed by atoms with E-state index in [0.717, 1.165) is 42.4 Å². The molecule has 1 N–H and O–H groups in total. The Bertz CT molecular complexity index is 639. The number of amides is 2. The molecule has 3 heterocycles. The molecule has 0 atom stereocenters. The van der Waals surface area contributed by atoms with E-state index in [1.807, 2.05) is 18.7 Å². The van der Waals surface area contributed by atoms with Crippen LogP contribution in [0.1, 0.15) is 56.0 Å². The summed E-state index contributed by atoms with van der Waals surface area (Å²) in [7, 11) is 0. The summed E-state index contributed by atoms with van der Waals surface area (Å²) in [5.41, 5.74) is 0.942. The van der Waals surface area contributed by atoms with Crippen molar-refractivity contribution >= 4 is 28.3 Å². The number of hydrogen-bond donors (Lipinski definition) is 1. The Morgan fingerprint density at radius 2 is 1.74 bits per heavy atom. The standard InChI is InChI=1S/C20H32N4O2S/c1-14-6-10-23(11-7-14)17-8-12-24(13-9-17)19(26)5-4-18(25)22-20-21-15(2)16(3)27-20/h14,17H,4-13H2,1-3H3,(H,21,22,25). The van der Waals surface area contributed by atoms with Crippen LogP contribution in [-0.4, -0.2) is 58.8 Å². The van der Waals surface area contributed by atoms with Crippen molar-refractivity contribution in [2.45, 2.75) is 65.3 Å². The molecule has 0 saturated carbocycles. The molecule has 150 valence electrons. The second-order valence-electron chi connectivity index (χ2n) is 8.04. The number of likely N-dealkylation sites (tertiary alicyclic amines) is 2. The lowest BCUT2D eigenvalue weighted by molar-refractivity contribution is -0.134. The summed E-state index contributed by atoms with van der Waals surface area (Å²) in [5, 5.41) is 3.43. The largest absolute Gasteiger partial charge is 0.343 e. The second-order valence-corrected chi connectivity index (χ2v) is 9.24. The highest BCUT2D eigenvalue weighted by Gasteiger charge is 2.28. The normalized spacial score (nSPS) is 20.0. The van der Waals surface area contributed by atoms with Crippen LogP contribution in [0.3, 0.4) is 0 Å². The van der Waals surface area contributed by atoms with Crippen molar-refractivity contribution in [3.8, 4) is 0 Å². The number of piperidine rings is 2. The first-order chi connectivity index (χ1) is 12.9. The van der Waals surface area contributed by atoms with E-state index in [1.54, 1.807) is 0 Å². The van der Waals surface area contributed by atoms with Gasteiger partial charge in [-0.1, -0.05) is 6.92 Å². The van der Waals surface area contributed by atoms with E-state index >= 15 is 0 Å². The molecule has 2 aliphatic heterocycles. The number of hydrogen-bond acceptors (Lipinski definition) is 5. The highest BCUT2D eigenvalue weighted by atomic mass is 32.1. The van der Waals surface area contributed by atoms with E-state index in [2.05, 4.69) is 22.1 Å². The highest BCUT2D eigenvalue weighted by Crippen LogP contribution is 2.24. The number of nitrogens with one attached hydrogen (secondary N) is 1. The summed E-state index contributed by atoms with van der Waals surface area (Å²) in [4.78, 5) is 34.5. The Kier molecular flexibility index (Phi) is 6.87. The van der Waals surface area contributed by atoms with E-state index in [4.69, 9.17) is 0 Å². The fourth-order valence-corrected chi connectivity index (χ4v) is 4.79. The quantitative estimate of drug-likeness (QED) is 0.836. The van der Waals surface area contributed by atoms with Crippen LogP contribution < -0.4 is 5.32 Å². The van der Waals surface area contributed by atoms with Crippen LogP contribution >= 0.6 is 11.3 Å². The Hall–Kier alpha value is -1.47. The van der Waals surface area contributed by atoms with E-state index < -0.39 is 0 Å². The predicted molar refractivity (Wildman–Crippen MR) is 109 cm³/mol. The average molecular weight is 393 g/mol. The van der Waals surface area contributed by atoms with E-state index in [0.29, 0.717) is 11.2 Å². The van der Waals surface area contributed by atoms with Gasteiger partial charge in [0.2, 0.25) is 11.8 Å². The monoisotopic (exact) mass is 392 g/mol. The van der Waals surface area contributed by atoms with Gasteiger partial charge in [-0.3, -0.25) is 9.59 Å². The topological polar surface area (TPSA) is 65.5 Å². The molecule has 6 nitrogen and oxygen atoms in total. The zero-order valence-corrected chi connectivity index (χ0v) is 17.6. The number of carbonyl (C=O) groups excluding carboxylic acids is 2. The van der Waals surface area contributed by atoms with Crippen LogP contribution in [0.4, 0.5) is 5.13 Å². The van der Waals surface area contributed by atoms with Crippen LogP contribution in [-0.2, 0) is 9.59 Å². The predicted octanol–water partition coefficient (Wildman–Crippen LogP) is 3.20. The first-order valence-corrected chi connectivity index (χ1v) is 11.0. The summed E-state index contributed by atoms with van der Waals surface area (Å²) in [5.74, 6) is 0.822. The summed E-state index contributed by atoms with van der Waals surface area (Å²) < 4.78 is 0. The zero-order valence-electron chi connectivity index (χ0n) is 16.8. The van der Waals surface area contributed by atoms with Gasteiger partial charge in [-0.2, -0.15) is 0 Å². The van der Waals surface area contributed by atoms with Gasteiger partial charge in [-0.25, -0.2) is 4.98 Å². The van der Waals surface area contributed by atoms with E-state index in [-0.39, 0.29) is 24.7 Å². The molecule has 0 spiro atoms. The number of thiazole rings is 1. The van der Waals surface area contributed by atoms with Crippen molar-refractivity contribution in [2.75, 3.05) is 31.5 Å². The van der Waals surface area contributed by atoms with Crippen LogP contribution in [0.25, 0.3) is 0 Å². The lowest BCUT2D eigenvalue weighted by Gasteiger charge is -2.41. The second kappa shape index (κ2) is 9.15. The van der Waals surface area contributed by atoms with Gasteiger partial charge in [-0.05, 0) is 58.5 Å². The molecule has 7 heteroatoms. The molecular formula is C20H32N4O2S. The first-order valence-electron chi connectivity index (χ1n) is 10.2. The molecule has 1 aromatic rings. The Morgan fingerprint density at radius 1 is 1.07 bits per heavy atom. The molecule has 0 unspecified atom stereocenters. The van der Waals surface area contributed by atoms with Crippen LogP contribution in [0.5, 0.6) is 0 Å². The number of nitrogens with zero attached hydrogens (tertiary/aromatic N) is 3. The minimum atomic E-state index is -0.130. The molecule has 0 radical (unpaired) electrons. The molecular weight excluding hydrogens is 360 g/mol. The van der Waals surface area contributed by atoms with Gasteiger partial charge < -0.3 is 15.1 Å². The van der Waals surface area contributed by atoms with Crippen molar-refractivity contribution in [3.63, 3.8) is 0 Å². The molecule has 0 aromatic carbocycles. The van der Waals surface area contributed by atoms with Crippen molar-refractivity contribution in [1.29, 1.82) is 0 Å². The zero-order chi connectivity index (χ0) is 19.4. The molecule has 2 fully saturated rings. The SMILES string of the molecule is Cc1nc(NC(=O)CCC(=O)N2CCC(N3CCC(C)CC3)CC2)sc1C. The van der Waals surface area contributed by atoms with Crippen LogP contribution in [0.15, 0.2) is 0 Å². The molecule has 3 rings (SSSR count). The third kappa shape index (κ3) is 5.51. The number of anilines is 1. The number of carbonyl (C=O) groups is 2. The van der Waals surface area contributed by atoms with Gasteiger partial charge in [-0.15, -0.1) is 11.3 Å². The van der Waals surface area contributed by atoms with Crippen molar-refractivity contribution in [1.82, 2.24) is 14.8 Å². The average Bonchev–Trinajstić information content (AvgIpc) is 2.97. The van der Waals surface area contributed by atoms with Crippen molar-refractivity contribution in [2.24, 2.45) is 5.92 Å². The lowest BCUT2D eigenvalue weighted by Crippen LogP contribution is -2.48. The Labute approximate surface area is 166 Å². The lowest BCUT2D eigenvalue weighted by atomic mass is 9.95. The minimum Gasteiger partial charge on any atom is -0.343 e. The maximum absolute atomic E-state index is 12.5. The van der Waals surface area contributed by atoms with Gasteiger partial charge >= 0.3 is 0 Å². The Balaban J connectivity index is 1.37. The number of aromatic nitrogens is 1. The summed E-state index contributed by atoms with van der Waals surface area (Å²) in [6, 6.07) is 0.626. The van der Waals surface area contributed by atoms with E-state index in [1.165, 1.54) is 37.3 Å². The summed E-state index contributed by atoms with van der Waals surface area (Å²) in [6.45, 7) is 10.3. The number of rotatable bonds is 5. The minimum absolute atomic E-state index is 0.0994. The van der Waals surface area contributed by atoms with Gasteiger partial charge in [0.25, 0.3) is 0 Å². The first kappa shape index (κ1) is 20.3. The fourth-order valence-electron chi connectivity index (χ4n) is 3.96. The van der Waals surface area contributed by atoms with E-state index in [9.17, 15) is 9.59 Å². The van der Waals surface area contributed by atoms with Gasteiger partial charge in [0, 0.05) is 36.9 Å². The molecule has 0 aliphatic carbocycles. The van der Waals surface area contributed by atoms with Crippen LogP contribution in [0.2, 0.25) is 0 Å². The maximum Gasteiger partial charge on any atom is 0.226 e. The summed E-state index contributed by atoms with van der Waals surface area (Å²) >= 11 is 1.48. The van der Waals surface area contributed by atoms with Gasteiger partial charge in [0.15, 0.2) is 5.13 Å². The van der Waals surface area contributed by atoms with Gasteiger partial charge in [0.1, 0.15) is 0 Å². The molecule has 0 bridgehead atoms. The summed E-state index contributed by atoms with van der Waals surface area (Å²) in [6.07, 6.45) is 5.22. The maximum atomic E-state index is 12.5. The fraction of sp³-hybridized carbons (Fsp3) is 0.750. The third-order valence-electron chi connectivity index (χ3n) is 5.99. The smallest absolute Gasteiger partial charge is 0.226 e.